The highest BCUT2D eigenvalue weighted by molar-refractivity contribution is 7.15. The van der Waals surface area contributed by atoms with Crippen LogP contribution in [0.3, 0.4) is 0 Å². The molecule has 1 atom stereocenters. The standard InChI is InChI=1S/C26H28F2N4O4S/c1-14(2)31-13-26(4,12-30(5)15(3)33)32-11-19(22(34)23(35)21(32)25(31)36)24-29-10-18(37-24)8-16-6-7-17(27)9-20(16)28/h6-7,9-11,14,35H,8,12-13H2,1-5H3. The molecule has 196 valence electrons. The lowest BCUT2D eigenvalue weighted by atomic mass is 9.93. The van der Waals surface area contributed by atoms with Gasteiger partial charge in [-0.25, -0.2) is 13.8 Å². The monoisotopic (exact) mass is 530 g/mol. The number of hydrogen-bond donors (Lipinski definition) is 1. The number of rotatable bonds is 6. The molecule has 2 aromatic heterocycles. The van der Waals surface area contributed by atoms with Gasteiger partial charge in [0.15, 0.2) is 11.4 Å². The van der Waals surface area contributed by atoms with Crippen LogP contribution in [0.5, 0.6) is 5.75 Å². The molecule has 0 fully saturated rings. The Morgan fingerprint density at radius 3 is 2.62 bits per heavy atom. The predicted octanol–water partition coefficient (Wildman–Crippen LogP) is 3.60. The molecule has 1 aromatic carbocycles. The molecule has 0 saturated carbocycles. The zero-order chi connectivity index (χ0) is 27.2. The fraction of sp³-hybridized carbons (Fsp3) is 0.385. The summed E-state index contributed by atoms with van der Waals surface area (Å²) in [4.78, 5) is 46.6. The summed E-state index contributed by atoms with van der Waals surface area (Å²) < 4.78 is 29.0. The molecule has 4 rings (SSSR count). The molecule has 11 heteroatoms. The molecule has 2 amide bonds. The molecule has 37 heavy (non-hydrogen) atoms. The number of carbonyl (C=O) groups excluding carboxylic acids is 2. The molecular formula is C26H28F2N4O4S. The Kier molecular flexibility index (Phi) is 6.93. The van der Waals surface area contributed by atoms with Crippen LogP contribution in [0.25, 0.3) is 10.6 Å². The summed E-state index contributed by atoms with van der Waals surface area (Å²) in [7, 11) is 1.65. The van der Waals surface area contributed by atoms with Gasteiger partial charge in [-0.2, -0.15) is 0 Å². The van der Waals surface area contributed by atoms with E-state index < -0.39 is 34.3 Å². The summed E-state index contributed by atoms with van der Waals surface area (Å²) in [6.45, 7) is 7.45. The molecule has 1 aliphatic rings. The van der Waals surface area contributed by atoms with E-state index in [2.05, 4.69) is 4.98 Å². The number of fused-ring (bicyclic) bond motifs is 1. The summed E-state index contributed by atoms with van der Waals surface area (Å²) in [6.07, 6.45) is 3.14. The van der Waals surface area contributed by atoms with Gasteiger partial charge in [-0.1, -0.05) is 6.07 Å². The van der Waals surface area contributed by atoms with Gasteiger partial charge < -0.3 is 19.5 Å². The third-order valence-corrected chi connectivity index (χ3v) is 7.67. The number of likely N-dealkylation sites (N-methyl/N-ethyl adjacent to an activating group) is 1. The van der Waals surface area contributed by atoms with Gasteiger partial charge in [-0.3, -0.25) is 14.4 Å². The summed E-state index contributed by atoms with van der Waals surface area (Å²) in [5.74, 6) is -2.69. The normalized spacial score (nSPS) is 17.3. The quantitative estimate of drug-likeness (QED) is 0.526. The number of aromatic hydroxyl groups is 1. The first-order chi connectivity index (χ1) is 17.3. The molecule has 8 nitrogen and oxygen atoms in total. The van der Waals surface area contributed by atoms with Gasteiger partial charge >= 0.3 is 0 Å². The van der Waals surface area contributed by atoms with Crippen LogP contribution in [0.1, 0.15) is 48.6 Å². The van der Waals surface area contributed by atoms with Crippen molar-refractivity contribution in [2.75, 3.05) is 20.1 Å². The van der Waals surface area contributed by atoms with Crippen molar-refractivity contribution in [3.8, 4) is 16.3 Å². The number of hydrogen-bond acceptors (Lipinski definition) is 6. The van der Waals surface area contributed by atoms with Crippen molar-refractivity contribution in [1.29, 1.82) is 0 Å². The van der Waals surface area contributed by atoms with E-state index in [0.717, 1.165) is 17.4 Å². The minimum atomic E-state index is -0.856. The number of nitrogens with zero attached hydrogens (tertiary/aromatic N) is 4. The lowest BCUT2D eigenvalue weighted by Gasteiger charge is -2.46. The lowest BCUT2D eigenvalue weighted by molar-refractivity contribution is -0.129. The van der Waals surface area contributed by atoms with E-state index in [-0.39, 0.29) is 53.3 Å². The highest BCUT2D eigenvalue weighted by atomic mass is 32.1. The number of aromatic nitrogens is 2. The van der Waals surface area contributed by atoms with E-state index in [4.69, 9.17) is 0 Å². The molecule has 1 N–H and O–H groups in total. The molecule has 0 saturated heterocycles. The summed E-state index contributed by atoms with van der Waals surface area (Å²) in [5, 5.41) is 11.3. The largest absolute Gasteiger partial charge is 0.503 e. The van der Waals surface area contributed by atoms with Crippen molar-refractivity contribution in [2.45, 2.75) is 45.7 Å². The SMILES string of the molecule is CC(=O)N(C)CC1(C)CN(C(C)C)C(=O)c2c(O)c(=O)c(-c3ncc(Cc4ccc(F)cc4F)s3)cn21. The van der Waals surface area contributed by atoms with Crippen LogP contribution in [0.4, 0.5) is 8.78 Å². The highest BCUT2D eigenvalue weighted by Gasteiger charge is 2.43. The Labute approximate surface area is 216 Å². The van der Waals surface area contributed by atoms with Crippen LogP contribution in [-0.4, -0.2) is 62.5 Å². The first kappa shape index (κ1) is 26.5. The third-order valence-electron chi connectivity index (χ3n) is 6.64. The Balaban J connectivity index is 1.81. The molecule has 0 radical (unpaired) electrons. The average molecular weight is 531 g/mol. The van der Waals surface area contributed by atoms with E-state index in [0.29, 0.717) is 4.88 Å². The van der Waals surface area contributed by atoms with Crippen LogP contribution in [0, 0.1) is 11.6 Å². The maximum absolute atomic E-state index is 14.1. The number of benzene rings is 1. The second kappa shape index (κ2) is 9.70. The predicted molar refractivity (Wildman–Crippen MR) is 136 cm³/mol. The molecule has 3 aromatic rings. The summed E-state index contributed by atoms with van der Waals surface area (Å²) in [5.41, 5.74) is -1.38. The first-order valence-corrected chi connectivity index (χ1v) is 12.5. The Morgan fingerprint density at radius 2 is 2.00 bits per heavy atom. The van der Waals surface area contributed by atoms with E-state index >= 15 is 0 Å². The zero-order valence-corrected chi connectivity index (χ0v) is 22.0. The fourth-order valence-corrected chi connectivity index (χ4v) is 5.51. The van der Waals surface area contributed by atoms with Crippen LogP contribution in [-0.2, 0) is 16.8 Å². The summed E-state index contributed by atoms with van der Waals surface area (Å²) >= 11 is 1.14. The van der Waals surface area contributed by atoms with Gasteiger partial charge in [-0.05, 0) is 32.4 Å². The van der Waals surface area contributed by atoms with Crippen molar-refractivity contribution < 1.29 is 23.5 Å². The van der Waals surface area contributed by atoms with Crippen molar-refractivity contribution in [3.05, 3.63) is 68.6 Å². The minimum Gasteiger partial charge on any atom is -0.503 e. The average Bonchev–Trinajstić information content (AvgIpc) is 3.28. The van der Waals surface area contributed by atoms with Crippen molar-refractivity contribution in [3.63, 3.8) is 0 Å². The summed E-state index contributed by atoms with van der Waals surface area (Å²) in [6, 6.07) is 3.13. The number of pyridine rings is 1. The molecular weight excluding hydrogens is 502 g/mol. The molecule has 3 heterocycles. The van der Waals surface area contributed by atoms with Crippen LogP contribution in [0.15, 0.2) is 35.4 Å². The van der Waals surface area contributed by atoms with Crippen molar-refractivity contribution >= 4 is 23.2 Å². The minimum absolute atomic E-state index is 0.0829. The topological polar surface area (TPSA) is 95.7 Å². The Hall–Kier alpha value is -3.60. The maximum atomic E-state index is 14.1. The Bertz CT molecular complexity index is 1450. The van der Waals surface area contributed by atoms with Crippen LogP contribution in [0.2, 0.25) is 0 Å². The van der Waals surface area contributed by atoms with E-state index in [1.165, 1.54) is 36.4 Å². The Morgan fingerprint density at radius 1 is 1.30 bits per heavy atom. The lowest BCUT2D eigenvalue weighted by Crippen LogP contribution is -2.59. The smallest absolute Gasteiger partial charge is 0.274 e. The van der Waals surface area contributed by atoms with Gasteiger partial charge in [0.1, 0.15) is 16.6 Å². The van der Waals surface area contributed by atoms with Crippen molar-refractivity contribution in [1.82, 2.24) is 19.4 Å². The molecule has 0 spiro atoms. The molecule has 0 bridgehead atoms. The number of carbonyl (C=O) groups is 2. The second-order valence-corrected chi connectivity index (χ2v) is 11.0. The molecule has 1 aliphatic heterocycles. The maximum Gasteiger partial charge on any atom is 0.274 e. The second-order valence-electron chi connectivity index (χ2n) is 9.88. The molecule has 0 aliphatic carbocycles. The van der Waals surface area contributed by atoms with Gasteiger partial charge in [0.05, 0.1) is 11.1 Å². The van der Waals surface area contributed by atoms with E-state index in [1.807, 2.05) is 20.8 Å². The van der Waals surface area contributed by atoms with Gasteiger partial charge in [0.2, 0.25) is 11.3 Å². The first-order valence-electron chi connectivity index (χ1n) is 11.7. The van der Waals surface area contributed by atoms with E-state index in [1.54, 1.807) is 16.5 Å². The van der Waals surface area contributed by atoms with Gasteiger partial charge in [-0.15, -0.1) is 11.3 Å². The number of amides is 2. The third kappa shape index (κ3) is 4.87. The fourth-order valence-electron chi connectivity index (χ4n) is 4.57. The molecule has 1 unspecified atom stereocenters. The van der Waals surface area contributed by atoms with Crippen LogP contribution < -0.4 is 5.43 Å². The van der Waals surface area contributed by atoms with Crippen LogP contribution >= 0.6 is 11.3 Å². The van der Waals surface area contributed by atoms with Crippen molar-refractivity contribution in [2.24, 2.45) is 0 Å². The number of thiazole rings is 1. The van der Waals surface area contributed by atoms with Gasteiger partial charge in [0, 0.05) is 62.9 Å². The van der Waals surface area contributed by atoms with E-state index in [9.17, 15) is 28.3 Å². The highest BCUT2D eigenvalue weighted by Crippen LogP contribution is 2.35. The van der Waals surface area contributed by atoms with Gasteiger partial charge in [0.25, 0.3) is 5.91 Å². The zero-order valence-electron chi connectivity index (χ0n) is 21.2. The number of halogens is 2.